The molecule has 0 spiro atoms. The minimum Gasteiger partial charge on any atom is -0.462 e. The predicted molar refractivity (Wildman–Crippen MR) is 55.1 cm³/mol. The Morgan fingerprint density at radius 2 is 2.31 bits per heavy atom. The zero-order chi connectivity index (χ0) is 11.4. The number of esters is 1. The fourth-order valence-corrected chi connectivity index (χ4v) is 1.18. The fourth-order valence-electron chi connectivity index (χ4n) is 1.18. The highest BCUT2D eigenvalue weighted by Crippen LogP contribution is 2.05. The maximum Gasteiger partial charge on any atom is 0.341 e. The van der Waals surface area contributed by atoms with Gasteiger partial charge in [-0.1, -0.05) is 0 Å². The summed E-state index contributed by atoms with van der Waals surface area (Å²) in [6.45, 7) is 2.10. The SMILES string of the molecule is CCOC(=O)c1cnn(-c2cnccn2)c1. The maximum absolute atomic E-state index is 11.4. The van der Waals surface area contributed by atoms with Crippen LogP contribution in [0.3, 0.4) is 0 Å². The quantitative estimate of drug-likeness (QED) is 0.714. The van der Waals surface area contributed by atoms with Gasteiger partial charge in [-0.05, 0) is 6.92 Å². The van der Waals surface area contributed by atoms with Gasteiger partial charge in [0, 0.05) is 18.6 Å². The second-order valence-corrected chi connectivity index (χ2v) is 2.96. The zero-order valence-corrected chi connectivity index (χ0v) is 8.70. The Labute approximate surface area is 91.9 Å². The number of carbonyl (C=O) groups excluding carboxylic acids is 1. The highest BCUT2D eigenvalue weighted by molar-refractivity contribution is 5.88. The Morgan fingerprint density at radius 3 is 3.00 bits per heavy atom. The van der Waals surface area contributed by atoms with Gasteiger partial charge in [-0.25, -0.2) is 14.5 Å². The van der Waals surface area contributed by atoms with Crippen molar-refractivity contribution < 1.29 is 9.53 Å². The third-order valence-electron chi connectivity index (χ3n) is 1.88. The summed E-state index contributed by atoms with van der Waals surface area (Å²) in [7, 11) is 0. The second-order valence-electron chi connectivity index (χ2n) is 2.96. The largest absolute Gasteiger partial charge is 0.462 e. The molecule has 0 amide bonds. The van der Waals surface area contributed by atoms with Crippen molar-refractivity contribution in [3.8, 4) is 5.82 Å². The van der Waals surface area contributed by atoms with Gasteiger partial charge in [0.1, 0.15) is 0 Å². The summed E-state index contributed by atoms with van der Waals surface area (Å²) >= 11 is 0. The van der Waals surface area contributed by atoms with Crippen molar-refractivity contribution in [1.82, 2.24) is 19.7 Å². The van der Waals surface area contributed by atoms with Crippen LogP contribution in [0.2, 0.25) is 0 Å². The first-order chi connectivity index (χ1) is 7.81. The van der Waals surface area contributed by atoms with E-state index in [0.717, 1.165) is 0 Å². The lowest BCUT2D eigenvalue weighted by Gasteiger charge is -1.98. The first kappa shape index (κ1) is 10.3. The van der Waals surface area contributed by atoms with Crippen LogP contribution in [0.5, 0.6) is 0 Å². The molecule has 2 aromatic heterocycles. The van der Waals surface area contributed by atoms with Gasteiger partial charge in [0.25, 0.3) is 0 Å². The fraction of sp³-hybridized carbons (Fsp3) is 0.200. The molecular weight excluding hydrogens is 208 g/mol. The first-order valence-electron chi connectivity index (χ1n) is 4.79. The zero-order valence-electron chi connectivity index (χ0n) is 8.70. The summed E-state index contributed by atoms with van der Waals surface area (Å²) in [5, 5.41) is 4.00. The lowest BCUT2D eigenvalue weighted by atomic mass is 10.4. The number of hydrogen-bond acceptors (Lipinski definition) is 5. The third-order valence-corrected chi connectivity index (χ3v) is 1.88. The maximum atomic E-state index is 11.4. The first-order valence-corrected chi connectivity index (χ1v) is 4.79. The monoisotopic (exact) mass is 218 g/mol. The molecule has 0 saturated heterocycles. The number of aromatic nitrogens is 4. The molecule has 0 radical (unpaired) electrons. The molecule has 0 bridgehead atoms. The molecule has 6 heteroatoms. The van der Waals surface area contributed by atoms with E-state index >= 15 is 0 Å². The van der Waals surface area contributed by atoms with E-state index in [1.54, 1.807) is 31.7 Å². The number of carbonyl (C=O) groups is 1. The molecule has 82 valence electrons. The van der Waals surface area contributed by atoms with Crippen LogP contribution >= 0.6 is 0 Å². The number of ether oxygens (including phenoxy) is 1. The van der Waals surface area contributed by atoms with Crippen molar-refractivity contribution in [2.45, 2.75) is 6.92 Å². The van der Waals surface area contributed by atoms with E-state index in [1.807, 2.05) is 0 Å². The Kier molecular flexibility index (Phi) is 2.90. The molecule has 0 unspecified atom stereocenters. The molecule has 0 atom stereocenters. The molecule has 0 aliphatic heterocycles. The number of nitrogens with zero attached hydrogens (tertiary/aromatic N) is 4. The molecule has 2 heterocycles. The standard InChI is InChI=1S/C10H10N4O2/c1-2-16-10(15)8-5-13-14(7-8)9-6-11-3-4-12-9/h3-7H,2H2,1H3. The molecule has 0 aromatic carbocycles. The van der Waals surface area contributed by atoms with Crippen LogP contribution in [0.25, 0.3) is 5.82 Å². The topological polar surface area (TPSA) is 69.9 Å². The van der Waals surface area contributed by atoms with Crippen LogP contribution in [0.15, 0.2) is 31.0 Å². The minimum atomic E-state index is -0.391. The third kappa shape index (κ3) is 2.05. The summed E-state index contributed by atoms with van der Waals surface area (Å²) in [5.41, 5.74) is 0.396. The molecule has 0 aliphatic carbocycles. The van der Waals surface area contributed by atoms with Gasteiger partial charge in [0.05, 0.1) is 24.6 Å². The van der Waals surface area contributed by atoms with E-state index < -0.39 is 5.97 Å². The lowest BCUT2D eigenvalue weighted by Crippen LogP contribution is -2.03. The second kappa shape index (κ2) is 4.52. The molecule has 2 rings (SSSR count). The summed E-state index contributed by atoms with van der Waals surface area (Å²) in [5.74, 6) is 0.163. The average molecular weight is 218 g/mol. The molecule has 0 aliphatic rings. The summed E-state index contributed by atoms with van der Waals surface area (Å²) in [6, 6.07) is 0. The normalized spacial score (nSPS) is 10.1. The average Bonchev–Trinajstić information content (AvgIpc) is 2.80. The highest BCUT2D eigenvalue weighted by atomic mass is 16.5. The van der Waals surface area contributed by atoms with Gasteiger partial charge in [0.2, 0.25) is 0 Å². The summed E-state index contributed by atoms with van der Waals surface area (Å²) in [4.78, 5) is 19.3. The molecule has 0 saturated carbocycles. The van der Waals surface area contributed by atoms with Crippen molar-refractivity contribution in [1.29, 1.82) is 0 Å². The van der Waals surface area contributed by atoms with Crippen LogP contribution < -0.4 is 0 Å². The predicted octanol–water partition coefficient (Wildman–Crippen LogP) is 0.839. The van der Waals surface area contributed by atoms with Crippen LogP contribution in [-0.4, -0.2) is 32.3 Å². The summed E-state index contributed by atoms with van der Waals surface area (Å²) < 4.78 is 6.32. The van der Waals surface area contributed by atoms with Crippen LogP contribution in [0.1, 0.15) is 17.3 Å². The van der Waals surface area contributed by atoms with Gasteiger partial charge in [-0.3, -0.25) is 4.98 Å². The molecule has 0 N–H and O–H groups in total. The van der Waals surface area contributed by atoms with Crippen molar-refractivity contribution in [2.75, 3.05) is 6.61 Å². The number of rotatable bonds is 3. The molecule has 2 aromatic rings. The smallest absolute Gasteiger partial charge is 0.341 e. The lowest BCUT2D eigenvalue weighted by molar-refractivity contribution is 0.0526. The van der Waals surface area contributed by atoms with E-state index in [2.05, 4.69) is 15.1 Å². The van der Waals surface area contributed by atoms with Crippen LogP contribution in [0.4, 0.5) is 0 Å². The Balaban J connectivity index is 2.23. The van der Waals surface area contributed by atoms with Crippen molar-refractivity contribution in [2.24, 2.45) is 0 Å². The van der Waals surface area contributed by atoms with Gasteiger partial charge in [-0.15, -0.1) is 0 Å². The Hall–Kier alpha value is -2.24. The van der Waals surface area contributed by atoms with Crippen molar-refractivity contribution in [3.63, 3.8) is 0 Å². The van der Waals surface area contributed by atoms with Gasteiger partial charge >= 0.3 is 5.97 Å². The molecule has 0 fully saturated rings. The highest BCUT2D eigenvalue weighted by Gasteiger charge is 2.10. The molecule has 16 heavy (non-hydrogen) atoms. The van der Waals surface area contributed by atoms with E-state index in [-0.39, 0.29) is 0 Å². The van der Waals surface area contributed by atoms with E-state index in [4.69, 9.17) is 4.74 Å². The Morgan fingerprint density at radius 1 is 1.44 bits per heavy atom. The van der Waals surface area contributed by atoms with Crippen molar-refractivity contribution >= 4 is 5.97 Å². The summed E-state index contributed by atoms with van der Waals surface area (Å²) in [6.07, 6.45) is 7.68. The van der Waals surface area contributed by atoms with Crippen molar-refractivity contribution in [3.05, 3.63) is 36.5 Å². The van der Waals surface area contributed by atoms with E-state index in [0.29, 0.717) is 18.0 Å². The van der Waals surface area contributed by atoms with Gasteiger partial charge in [-0.2, -0.15) is 5.10 Å². The van der Waals surface area contributed by atoms with Crippen LogP contribution in [0, 0.1) is 0 Å². The van der Waals surface area contributed by atoms with Crippen LogP contribution in [-0.2, 0) is 4.74 Å². The van der Waals surface area contributed by atoms with Gasteiger partial charge in [0.15, 0.2) is 5.82 Å². The molecular formula is C10H10N4O2. The minimum absolute atomic E-state index is 0.342. The Bertz CT molecular complexity index is 481. The molecule has 6 nitrogen and oxygen atoms in total. The van der Waals surface area contributed by atoms with E-state index in [1.165, 1.54) is 10.9 Å². The van der Waals surface area contributed by atoms with Gasteiger partial charge < -0.3 is 4.74 Å². The number of hydrogen-bond donors (Lipinski definition) is 0. The van der Waals surface area contributed by atoms with E-state index in [9.17, 15) is 4.79 Å².